The molecular formula is C14H14F3N3O4S. The van der Waals surface area contributed by atoms with Crippen LogP contribution in [0.1, 0.15) is 41.4 Å². The van der Waals surface area contributed by atoms with E-state index in [2.05, 4.69) is 10.1 Å². The third kappa shape index (κ3) is 4.09. The van der Waals surface area contributed by atoms with Crippen molar-refractivity contribution in [2.24, 2.45) is 0 Å². The zero-order valence-corrected chi connectivity index (χ0v) is 13.7. The Kier molecular flexibility index (Phi) is 4.43. The van der Waals surface area contributed by atoms with Crippen LogP contribution in [0.2, 0.25) is 0 Å². The number of halogens is 3. The smallest absolute Gasteiger partial charge is 0.361 e. The first kappa shape index (κ1) is 17.6. The third-order valence-electron chi connectivity index (χ3n) is 3.83. The molecule has 1 aliphatic carbocycles. The minimum atomic E-state index is -4.84. The lowest BCUT2D eigenvalue weighted by Gasteiger charge is -2.10. The van der Waals surface area contributed by atoms with Gasteiger partial charge in [-0.3, -0.25) is 4.79 Å². The number of aromatic nitrogens is 3. The molecule has 0 saturated carbocycles. The first-order valence-corrected chi connectivity index (χ1v) is 9.30. The van der Waals surface area contributed by atoms with Crippen molar-refractivity contribution in [1.82, 2.24) is 15.1 Å². The van der Waals surface area contributed by atoms with Gasteiger partial charge in [0.25, 0.3) is 5.56 Å². The van der Waals surface area contributed by atoms with Gasteiger partial charge >= 0.3 is 6.18 Å². The summed E-state index contributed by atoms with van der Waals surface area (Å²) in [5, 5.41) is 3.77. The van der Waals surface area contributed by atoms with E-state index in [4.69, 9.17) is 4.52 Å². The molecular weight excluding hydrogens is 363 g/mol. The van der Waals surface area contributed by atoms with E-state index >= 15 is 0 Å². The zero-order chi connectivity index (χ0) is 18.2. The van der Waals surface area contributed by atoms with E-state index in [9.17, 15) is 26.4 Å². The van der Waals surface area contributed by atoms with E-state index in [-0.39, 0.29) is 11.8 Å². The molecule has 3 rings (SSSR count). The van der Waals surface area contributed by atoms with Crippen LogP contribution in [0, 0.1) is 0 Å². The van der Waals surface area contributed by atoms with Crippen LogP contribution in [-0.2, 0) is 40.4 Å². The lowest BCUT2D eigenvalue weighted by molar-refractivity contribution is -0.141. The second-order valence-electron chi connectivity index (χ2n) is 5.85. The fourth-order valence-corrected chi connectivity index (χ4v) is 4.05. The van der Waals surface area contributed by atoms with Gasteiger partial charge in [-0.2, -0.15) is 13.2 Å². The maximum atomic E-state index is 12.7. The number of hydrogen-bond acceptors (Lipinski definition) is 6. The summed E-state index contributed by atoms with van der Waals surface area (Å²) in [6, 6.07) is 0.282. The van der Waals surface area contributed by atoms with Crippen LogP contribution >= 0.6 is 0 Å². The molecule has 0 fully saturated rings. The summed E-state index contributed by atoms with van der Waals surface area (Å²) in [7, 11) is -3.89. The Morgan fingerprint density at radius 1 is 1.20 bits per heavy atom. The highest BCUT2D eigenvalue weighted by atomic mass is 32.2. The topological polar surface area (TPSA) is 106 Å². The van der Waals surface area contributed by atoms with Crippen LogP contribution in [0.15, 0.2) is 15.4 Å². The average molecular weight is 377 g/mol. The number of H-pyrrole nitrogens is 1. The van der Waals surface area contributed by atoms with Gasteiger partial charge in [0, 0.05) is 18.1 Å². The standard InChI is InChI=1S/C14H14F3N3O4S/c15-14(16,17)11-5-13(21)19-12(18-11)7-25(22,23)6-9-8-3-1-2-4-10(8)24-20-9/h5H,1-4,6-7H2,(H,18,19,21). The van der Waals surface area contributed by atoms with E-state index < -0.39 is 44.6 Å². The molecule has 0 aliphatic heterocycles. The van der Waals surface area contributed by atoms with Crippen LogP contribution in [0.25, 0.3) is 0 Å². The van der Waals surface area contributed by atoms with Crippen molar-refractivity contribution < 1.29 is 26.1 Å². The minimum absolute atomic E-state index is 0.268. The molecule has 7 nitrogen and oxygen atoms in total. The molecule has 0 radical (unpaired) electrons. The molecule has 1 N–H and O–H groups in total. The summed E-state index contributed by atoms with van der Waals surface area (Å²) < 4.78 is 67.8. The van der Waals surface area contributed by atoms with Crippen molar-refractivity contribution in [2.45, 2.75) is 43.4 Å². The maximum absolute atomic E-state index is 12.7. The Morgan fingerprint density at radius 3 is 2.64 bits per heavy atom. The largest absolute Gasteiger partial charge is 0.433 e. The molecule has 0 saturated heterocycles. The molecule has 0 atom stereocenters. The second-order valence-corrected chi connectivity index (χ2v) is 7.91. The van der Waals surface area contributed by atoms with E-state index in [0.29, 0.717) is 18.6 Å². The van der Waals surface area contributed by atoms with Crippen molar-refractivity contribution in [3.05, 3.63) is 45.0 Å². The highest BCUT2D eigenvalue weighted by molar-refractivity contribution is 7.89. The van der Waals surface area contributed by atoms with Crippen LogP contribution in [0.5, 0.6) is 0 Å². The van der Waals surface area contributed by atoms with Crippen LogP contribution < -0.4 is 5.56 Å². The van der Waals surface area contributed by atoms with Crippen LogP contribution in [-0.4, -0.2) is 23.5 Å². The second kappa shape index (κ2) is 6.28. The van der Waals surface area contributed by atoms with Gasteiger partial charge < -0.3 is 9.51 Å². The van der Waals surface area contributed by atoms with Crippen LogP contribution in [0.3, 0.4) is 0 Å². The number of hydrogen-bond donors (Lipinski definition) is 1. The number of nitrogens with one attached hydrogen (secondary N) is 1. The summed E-state index contributed by atoms with van der Waals surface area (Å²) in [4.78, 5) is 16.6. The Labute approximate surface area is 140 Å². The summed E-state index contributed by atoms with van der Waals surface area (Å²) >= 11 is 0. The van der Waals surface area contributed by atoms with E-state index in [1.807, 2.05) is 4.98 Å². The quantitative estimate of drug-likeness (QED) is 0.870. The number of aromatic amines is 1. The predicted molar refractivity (Wildman–Crippen MR) is 79.3 cm³/mol. The Morgan fingerprint density at radius 2 is 1.92 bits per heavy atom. The molecule has 0 amide bonds. The van der Waals surface area contributed by atoms with Crippen LogP contribution in [0.4, 0.5) is 13.2 Å². The maximum Gasteiger partial charge on any atom is 0.433 e. The van der Waals surface area contributed by atoms with Gasteiger partial charge in [-0.15, -0.1) is 0 Å². The normalized spacial score (nSPS) is 15.2. The van der Waals surface area contributed by atoms with Gasteiger partial charge in [-0.05, 0) is 19.3 Å². The van der Waals surface area contributed by atoms with Gasteiger partial charge in [0.1, 0.15) is 23.0 Å². The summed E-state index contributed by atoms with van der Waals surface area (Å²) in [6.45, 7) is 0. The molecule has 0 bridgehead atoms. The van der Waals surface area contributed by atoms with E-state index in [0.717, 1.165) is 18.4 Å². The van der Waals surface area contributed by atoms with Crippen molar-refractivity contribution in [3.8, 4) is 0 Å². The van der Waals surface area contributed by atoms with E-state index in [1.165, 1.54) is 0 Å². The SMILES string of the molecule is O=c1cc(C(F)(F)F)nc(CS(=O)(=O)Cc2noc3c2CCCC3)[nH]1. The number of fused-ring (bicyclic) bond motifs is 1. The number of rotatable bonds is 4. The molecule has 0 aromatic carbocycles. The van der Waals surface area contributed by atoms with Crippen molar-refractivity contribution >= 4 is 9.84 Å². The Bertz CT molecular complexity index is 947. The van der Waals surface area contributed by atoms with Gasteiger partial charge in [-0.1, -0.05) is 5.16 Å². The summed E-state index contributed by atoms with van der Waals surface area (Å²) in [5.74, 6) is -1.21. The molecule has 11 heteroatoms. The van der Waals surface area contributed by atoms with Crippen molar-refractivity contribution in [3.63, 3.8) is 0 Å². The van der Waals surface area contributed by atoms with Crippen molar-refractivity contribution in [2.75, 3.05) is 0 Å². The van der Waals surface area contributed by atoms with E-state index in [1.54, 1.807) is 0 Å². The zero-order valence-electron chi connectivity index (χ0n) is 12.9. The first-order chi connectivity index (χ1) is 11.6. The third-order valence-corrected chi connectivity index (χ3v) is 5.25. The van der Waals surface area contributed by atoms with Gasteiger partial charge in [0.2, 0.25) is 0 Å². The molecule has 0 unspecified atom stereocenters. The van der Waals surface area contributed by atoms with Crippen molar-refractivity contribution in [1.29, 1.82) is 0 Å². The monoisotopic (exact) mass is 377 g/mol. The number of sulfone groups is 1. The molecule has 2 aromatic heterocycles. The number of nitrogens with zero attached hydrogens (tertiary/aromatic N) is 2. The molecule has 25 heavy (non-hydrogen) atoms. The van der Waals surface area contributed by atoms with Gasteiger partial charge in [-0.25, -0.2) is 13.4 Å². The highest BCUT2D eigenvalue weighted by Crippen LogP contribution is 2.27. The molecule has 2 heterocycles. The molecule has 1 aliphatic rings. The lowest BCUT2D eigenvalue weighted by atomic mass is 9.97. The van der Waals surface area contributed by atoms with Gasteiger partial charge in [0.05, 0.1) is 5.75 Å². The Balaban J connectivity index is 1.84. The summed E-state index contributed by atoms with van der Waals surface area (Å²) in [5.41, 5.74) is -1.48. The average Bonchev–Trinajstić information content (AvgIpc) is 2.88. The highest BCUT2D eigenvalue weighted by Gasteiger charge is 2.34. The lowest BCUT2D eigenvalue weighted by Crippen LogP contribution is -2.21. The first-order valence-electron chi connectivity index (χ1n) is 7.48. The fraction of sp³-hybridized carbons (Fsp3) is 0.500. The van der Waals surface area contributed by atoms with Gasteiger partial charge in [0.15, 0.2) is 15.5 Å². The fourth-order valence-electron chi connectivity index (χ4n) is 2.75. The molecule has 136 valence electrons. The minimum Gasteiger partial charge on any atom is -0.361 e. The molecule has 2 aromatic rings. The Hall–Kier alpha value is -2.17. The number of alkyl halides is 3. The predicted octanol–water partition coefficient (Wildman–Crippen LogP) is 1.77. The molecule has 0 spiro atoms. The number of aryl methyl sites for hydroxylation is 1. The summed E-state index contributed by atoms with van der Waals surface area (Å²) in [6.07, 6.45) is -1.67.